The molecule has 1 amide bonds. The molecule has 2 fully saturated rings. The van der Waals surface area contributed by atoms with E-state index >= 15 is 0 Å². The van der Waals surface area contributed by atoms with Crippen molar-refractivity contribution in [3.63, 3.8) is 0 Å². The van der Waals surface area contributed by atoms with Gasteiger partial charge < -0.3 is 10.2 Å². The molecule has 5 rings (SSSR count). The number of benzene rings is 1. The van der Waals surface area contributed by atoms with Gasteiger partial charge in [-0.05, 0) is 61.4 Å². The minimum Gasteiger partial charge on any atom is -0.355 e. The van der Waals surface area contributed by atoms with Crippen molar-refractivity contribution in [3.05, 3.63) is 58.8 Å². The van der Waals surface area contributed by atoms with Crippen molar-refractivity contribution >= 4 is 28.7 Å². The van der Waals surface area contributed by atoms with Crippen LogP contribution in [0, 0.1) is 0 Å². The maximum Gasteiger partial charge on any atom is 0.235 e. The Kier molecular flexibility index (Phi) is 5.25. The third kappa shape index (κ3) is 3.60. The lowest BCUT2D eigenvalue weighted by Crippen LogP contribution is -2.37. The highest BCUT2D eigenvalue weighted by molar-refractivity contribution is 7.10. The highest BCUT2D eigenvalue weighted by Crippen LogP contribution is 2.44. The first-order chi connectivity index (χ1) is 14.7. The van der Waals surface area contributed by atoms with Crippen LogP contribution in [0.3, 0.4) is 0 Å². The Morgan fingerprint density at radius 1 is 0.967 bits per heavy atom. The molecule has 3 aromatic rings. The quantitative estimate of drug-likeness (QED) is 0.614. The molecule has 154 valence electrons. The van der Waals surface area contributed by atoms with Crippen molar-refractivity contribution in [2.75, 3.05) is 23.3 Å². The molecule has 0 bridgehead atoms. The average Bonchev–Trinajstić information content (AvgIpc) is 3.57. The van der Waals surface area contributed by atoms with Crippen LogP contribution in [-0.4, -0.2) is 29.2 Å². The Labute approximate surface area is 181 Å². The summed E-state index contributed by atoms with van der Waals surface area (Å²) in [5.41, 5.74) is 2.21. The second kappa shape index (κ2) is 8.19. The summed E-state index contributed by atoms with van der Waals surface area (Å²) in [7, 11) is 0. The van der Waals surface area contributed by atoms with E-state index < -0.39 is 0 Å². The summed E-state index contributed by atoms with van der Waals surface area (Å²) >= 11 is 1.69. The van der Waals surface area contributed by atoms with Gasteiger partial charge in [0.25, 0.3) is 0 Å². The zero-order chi connectivity index (χ0) is 20.4. The number of carbonyl (C=O) groups is 1. The Hall–Kier alpha value is -2.73. The van der Waals surface area contributed by atoms with Crippen molar-refractivity contribution in [3.8, 4) is 11.3 Å². The van der Waals surface area contributed by atoms with E-state index in [1.165, 1.54) is 17.7 Å². The number of hydrogen-bond acceptors (Lipinski definition) is 5. The maximum atomic E-state index is 13.3. The van der Waals surface area contributed by atoms with Crippen LogP contribution in [-0.2, 0) is 10.2 Å². The van der Waals surface area contributed by atoms with E-state index in [-0.39, 0.29) is 11.3 Å². The SMILES string of the molecule is O=C(Nc1cccc(-c2ccc(N3CCCC3)nn2)c1)C1(c2cccs2)CCCC1. The molecule has 0 spiro atoms. The first-order valence-electron chi connectivity index (χ1n) is 10.8. The van der Waals surface area contributed by atoms with Gasteiger partial charge in [-0.1, -0.05) is 31.0 Å². The lowest BCUT2D eigenvalue weighted by molar-refractivity contribution is -0.121. The van der Waals surface area contributed by atoms with Gasteiger partial charge in [0, 0.05) is 29.2 Å². The largest absolute Gasteiger partial charge is 0.355 e. The monoisotopic (exact) mass is 418 g/mol. The lowest BCUT2D eigenvalue weighted by Gasteiger charge is -2.26. The van der Waals surface area contributed by atoms with Crippen LogP contribution in [0.5, 0.6) is 0 Å². The van der Waals surface area contributed by atoms with E-state index in [9.17, 15) is 4.79 Å². The van der Waals surface area contributed by atoms with Gasteiger partial charge in [0.05, 0.1) is 11.1 Å². The Balaban J connectivity index is 1.35. The van der Waals surface area contributed by atoms with E-state index in [0.717, 1.165) is 61.5 Å². The summed E-state index contributed by atoms with van der Waals surface area (Å²) in [6.45, 7) is 2.11. The normalized spacial score (nSPS) is 17.9. The minimum absolute atomic E-state index is 0.107. The van der Waals surface area contributed by atoms with E-state index in [1.54, 1.807) is 11.3 Å². The van der Waals surface area contributed by atoms with Crippen molar-refractivity contribution in [2.45, 2.75) is 43.9 Å². The number of carbonyl (C=O) groups excluding carboxylic acids is 1. The summed E-state index contributed by atoms with van der Waals surface area (Å²) in [6.07, 6.45) is 6.48. The predicted octanol–water partition coefficient (Wildman–Crippen LogP) is 5.26. The van der Waals surface area contributed by atoms with Crippen LogP contribution in [0.2, 0.25) is 0 Å². The summed E-state index contributed by atoms with van der Waals surface area (Å²) in [5.74, 6) is 1.05. The molecule has 1 N–H and O–H groups in total. The molecule has 2 aromatic heterocycles. The standard InChI is InChI=1S/C24H26N4OS/c29-23(24(12-1-2-13-24)21-9-6-16-30-21)25-19-8-5-7-18(17-19)20-10-11-22(27-26-20)28-14-3-4-15-28/h5-11,16-17H,1-4,12-15H2,(H,25,29). The van der Waals surface area contributed by atoms with Crippen molar-refractivity contribution in [1.29, 1.82) is 0 Å². The molecular formula is C24H26N4OS. The second-order valence-corrected chi connectivity index (χ2v) is 9.22. The number of hydrogen-bond donors (Lipinski definition) is 1. The van der Waals surface area contributed by atoms with Crippen LogP contribution in [0.25, 0.3) is 11.3 Å². The fourth-order valence-corrected chi connectivity index (χ4v) is 5.70. The fraction of sp³-hybridized carbons (Fsp3) is 0.375. The zero-order valence-electron chi connectivity index (χ0n) is 17.0. The zero-order valence-corrected chi connectivity index (χ0v) is 17.8. The van der Waals surface area contributed by atoms with E-state index in [2.05, 4.69) is 31.9 Å². The van der Waals surface area contributed by atoms with Gasteiger partial charge >= 0.3 is 0 Å². The summed E-state index contributed by atoms with van der Waals surface area (Å²) in [4.78, 5) is 16.8. The number of thiophene rings is 1. The van der Waals surface area contributed by atoms with E-state index in [4.69, 9.17) is 0 Å². The van der Waals surface area contributed by atoms with Crippen molar-refractivity contribution in [1.82, 2.24) is 10.2 Å². The molecule has 0 atom stereocenters. The van der Waals surface area contributed by atoms with Gasteiger partial charge in [-0.3, -0.25) is 4.79 Å². The molecule has 1 saturated heterocycles. The molecule has 0 unspecified atom stereocenters. The number of nitrogens with one attached hydrogen (secondary N) is 1. The summed E-state index contributed by atoms with van der Waals surface area (Å²) in [6, 6.07) is 16.1. The number of amides is 1. The van der Waals surface area contributed by atoms with Gasteiger partial charge in [0.2, 0.25) is 5.91 Å². The summed E-state index contributed by atoms with van der Waals surface area (Å²) < 4.78 is 0. The molecule has 3 heterocycles. The van der Waals surface area contributed by atoms with Gasteiger partial charge in [0.1, 0.15) is 0 Å². The Bertz CT molecular complexity index is 1000. The first kappa shape index (κ1) is 19.2. The van der Waals surface area contributed by atoms with E-state index in [0.29, 0.717) is 0 Å². The highest BCUT2D eigenvalue weighted by Gasteiger charge is 2.43. The van der Waals surface area contributed by atoms with Crippen LogP contribution in [0.4, 0.5) is 11.5 Å². The summed E-state index contributed by atoms with van der Waals surface area (Å²) in [5, 5.41) is 14.1. The molecule has 5 nitrogen and oxygen atoms in total. The molecule has 0 radical (unpaired) electrons. The van der Waals surface area contributed by atoms with E-state index in [1.807, 2.05) is 42.5 Å². The van der Waals surface area contributed by atoms with Gasteiger partial charge in [-0.2, -0.15) is 0 Å². The maximum absolute atomic E-state index is 13.3. The van der Waals surface area contributed by atoms with Crippen LogP contribution < -0.4 is 10.2 Å². The Morgan fingerprint density at radius 3 is 2.50 bits per heavy atom. The number of anilines is 2. The Morgan fingerprint density at radius 2 is 1.80 bits per heavy atom. The first-order valence-corrected chi connectivity index (χ1v) is 11.7. The minimum atomic E-state index is -0.388. The molecule has 30 heavy (non-hydrogen) atoms. The molecule has 6 heteroatoms. The molecule has 1 saturated carbocycles. The topological polar surface area (TPSA) is 58.1 Å². The fourth-order valence-electron chi connectivity index (χ4n) is 4.72. The smallest absolute Gasteiger partial charge is 0.235 e. The number of aromatic nitrogens is 2. The molecule has 1 aliphatic heterocycles. The van der Waals surface area contributed by atoms with Crippen LogP contribution >= 0.6 is 11.3 Å². The number of rotatable bonds is 5. The predicted molar refractivity (Wildman–Crippen MR) is 122 cm³/mol. The van der Waals surface area contributed by atoms with Crippen LogP contribution in [0.15, 0.2) is 53.9 Å². The van der Waals surface area contributed by atoms with Crippen molar-refractivity contribution in [2.24, 2.45) is 0 Å². The van der Waals surface area contributed by atoms with Crippen molar-refractivity contribution < 1.29 is 4.79 Å². The average molecular weight is 419 g/mol. The molecule has 1 aliphatic carbocycles. The highest BCUT2D eigenvalue weighted by atomic mass is 32.1. The second-order valence-electron chi connectivity index (χ2n) is 8.27. The van der Waals surface area contributed by atoms with Crippen LogP contribution in [0.1, 0.15) is 43.4 Å². The molecule has 1 aromatic carbocycles. The van der Waals surface area contributed by atoms with Gasteiger partial charge in [-0.15, -0.1) is 21.5 Å². The molecular weight excluding hydrogens is 392 g/mol. The third-order valence-corrected chi connectivity index (χ3v) is 7.46. The lowest BCUT2D eigenvalue weighted by atomic mass is 9.83. The molecule has 2 aliphatic rings. The van der Waals surface area contributed by atoms with Gasteiger partial charge in [0.15, 0.2) is 5.82 Å². The van der Waals surface area contributed by atoms with Gasteiger partial charge in [-0.25, -0.2) is 0 Å². The third-order valence-electron chi connectivity index (χ3n) is 6.38. The number of nitrogens with zero attached hydrogens (tertiary/aromatic N) is 3.